The van der Waals surface area contributed by atoms with Gasteiger partial charge in [0.2, 0.25) is 10.0 Å². The number of sulfonamides is 1. The van der Waals surface area contributed by atoms with Crippen molar-refractivity contribution in [1.29, 1.82) is 0 Å². The molecule has 2 aromatic rings. The highest BCUT2D eigenvalue weighted by molar-refractivity contribution is 9.10. The van der Waals surface area contributed by atoms with Crippen molar-refractivity contribution in [2.45, 2.75) is 0 Å². The minimum atomic E-state index is -3.63. The minimum Gasteiger partial charge on any atom is -0.496 e. The molecule has 1 amide bonds. The van der Waals surface area contributed by atoms with Crippen molar-refractivity contribution >= 4 is 43.8 Å². The summed E-state index contributed by atoms with van der Waals surface area (Å²) in [7, 11) is -2.09. The number of nitrogens with zero attached hydrogens (tertiary/aromatic N) is 2. The summed E-state index contributed by atoms with van der Waals surface area (Å²) in [5.74, 6) is 0.0441. The molecule has 0 aliphatic carbocycles. The van der Waals surface area contributed by atoms with Crippen molar-refractivity contribution in [2.75, 3.05) is 24.2 Å². The number of halogens is 1. The quantitative estimate of drug-likeness (QED) is 0.529. The maximum Gasteiger partial charge on any atom is 0.260 e. The Kier molecular flexibility index (Phi) is 6.76. The zero-order valence-corrected chi connectivity index (χ0v) is 16.6. The zero-order valence-electron chi connectivity index (χ0n) is 14.2. The Bertz CT molecular complexity index is 898. The van der Waals surface area contributed by atoms with Crippen molar-refractivity contribution < 1.29 is 17.9 Å². The summed E-state index contributed by atoms with van der Waals surface area (Å²) in [5.41, 5.74) is 3.40. The number of hydrogen-bond acceptors (Lipinski definition) is 5. The lowest BCUT2D eigenvalue weighted by Gasteiger charge is -2.21. The Morgan fingerprint density at radius 2 is 1.88 bits per heavy atom. The van der Waals surface area contributed by atoms with Crippen molar-refractivity contribution in [1.82, 2.24) is 5.43 Å². The lowest BCUT2D eigenvalue weighted by Crippen LogP contribution is -2.39. The number of benzene rings is 2. The van der Waals surface area contributed by atoms with Crippen LogP contribution in [0.25, 0.3) is 0 Å². The molecule has 2 rings (SSSR count). The van der Waals surface area contributed by atoms with Crippen LogP contribution in [0.15, 0.2) is 58.1 Å². The number of hydrazone groups is 1. The standard InChI is InChI=1S/C17H18BrN3O4S/c1-25-16-6-4-3-5-13(16)11-19-20-17(22)12-21(26(2,23)24)15-9-7-14(18)8-10-15/h3-11H,12H2,1-2H3,(H,20,22)/b19-11-. The molecule has 1 N–H and O–H groups in total. The predicted molar refractivity (Wildman–Crippen MR) is 105 cm³/mol. The highest BCUT2D eigenvalue weighted by Gasteiger charge is 2.20. The van der Waals surface area contributed by atoms with Crippen LogP contribution in [0.3, 0.4) is 0 Å². The molecule has 0 heterocycles. The molecular formula is C17H18BrN3O4S. The molecule has 0 aliphatic heterocycles. The highest BCUT2D eigenvalue weighted by atomic mass is 79.9. The van der Waals surface area contributed by atoms with Crippen molar-refractivity contribution in [3.63, 3.8) is 0 Å². The van der Waals surface area contributed by atoms with Gasteiger partial charge in [0.15, 0.2) is 0 Å². The number of rotatable bonds is 7. The maximum absolute atomic E-state index is 12.1. The van der Waals surface area contributed by atoms with Crippen LogP contribution in [0.1, 0.15) is 5.56 Å². The predicted octanol–water partition coefficient (Wildman–Crippen LogP) is 2.37. The molecule has 0 aliphatic rings. The van der Waals surface area contributed by atoms with Crippen molar-refractivity contribution in [2.24, 2.45) is 5.10 Å². The van der Waals surface area contributed by atoms with Gasteiger partial charge in [-0.1, -0.05) is 28.1 Å². The average molecular weight is 440 g/mol. The molecule has 138 valence electrons. The summed E-state index contributed by atoms with van der Waals surface area (Å²) in [6, 6.07) is 13.8. The fourth-order valence-corrected chi connectivity index (χ4v) is 3.24. The normalized spacial score (nSPS) is 11.3. The fraction of sp³-hybridized carbons (Fsp3) is 0.176. The molecular weight excluding hydrogens is 422 g/mol. The van der Waals surface area contributed by atoms with E-state index in [9.17, 15) is 13.2 Å². The second-order valence-corrected chi connectivity index (χ2v) is 8.10. The van der Waals surface area contributed by atoms with Gasteiger partial charge in [0, 0.05) is 10.0 Å². The van der Waals surface area contributed by atoms with Gasteiger partial charge in [0.1, 0.15) is 12.3 Å². The van der Waals surface area contributed by atoms with Gasteiger partial charge in [-0.2, -0.15) is 5.10 Å². The summed E-state index contributed by atoms with van der Waals surface area (Å²) in [6.07, 6.45) is 2.47. The molecule has 0 radical (unpaired) electrons. The van der Waals surface area contributed by atoms with Crippen LogP contribution in [0.5, 0.6) is 5.75 Å². The third-order valence-electron chi connectivity index (χ3n) is 3.33. The Morgan fingerprint density at radius 3 is 2.50 bits per heavy atom. The monoisotopic (exact) mass is 439 g/mol. The molecule has 9 heteroatoms. The van der Waals surface area contributed by atoms with Gasteiger partial charge in [0.25, 0.3) is 5.91 Å². The van der Waals surface area contributed by atoms with Crippen LogP contribution < -0.4 is 14.5 Å². The molecule has 0 atom stereocenters. The largest absolute Gasteiger partial charge is 0.496 e. The van der Waals surface area contributed by atoms with Crippen LogP contribution in [-0.2, 0) is 14.8 Å². The first-order valence-corrected chi connectivity index (χ1v) is 10.1. The number of nitrogens with one attached hydrogen (secondary N) is 1. The van der Waals surface area contributed by atoms with E-state index < -0.39 is 15.9 Å². The van der Waals surface area contributed by atoms with E-state index in [1.807, 2.05) is 12.1 Å². The number of para-hydroxylation sites is 1. The van der Waals surface area contributed by atoms with E-state index in [2.05, 4.69) is 26.5 Å². The summed E-state index contributed by atoms with van der Waals surface area (Å²) in [5, 5.41) is 3.86. The fourth-order valence-electron chi connectivity index (χ4n) is 2.12. The van der Waals surface area contributed by atoms with Gasteiger partial charge in [-0.25, -0.2) is 13.8 Å². The van der Waals surface area contributed by atoms with Gasteiger partial charge in [-0.3, -0.25) is 9.10 Å². The third-order valence-corrected chi connectivity index (χ3v) is 5.00. The van der Waals surface area contributed by atoms with E-state index in [1.54, 1.807) is 36.4 Å². The van der Waals surface area contributed by atoms with Crippen LogP contribution >= 0.6 is 15.9 Å². The molecule has 0 bridgehead atoms. The topological polar surface area (TPSA) is 88.1 Å². The third kappa shape index (κ3) is 5.57. The molecule has 0 spiro atoms. The molecule has 26 heavy (non-hydrogen) atoms. The zero-order chi connectivity index (χ0) is 19.2. The maximum atomic E-state index is 12.1. The highest BCUT2D eigenvalue weighted by Crippen LogP contribution is 2.20. The second kappa shape index (κ2) is 8.81. The Balaban J connectivity index is 2.08. The van der Waals surface area contributed by atoms with Gasteiger partial charge >= 0.3 is 0 Å². The first-order valence-electron chi connectivity index (χ1n) is 7.49. The van der Waals surface area contributed by atoms with Gasteiger partial charge in [0.05, 0.1) is 25.3 Å². The SMILES string of the molecule is COc1ccccc1/C=N\NC(=O)CN(c1ccc(Br)cc1)S(C)(=O)=O. The summed E-state index contributed by atoms with van der Waals surface area (Å²) in [4.78, 5) is 12.1. The molecule has 0 aromatic heterocycles. The Hall–Kier alpha value is -2.39. The molecule has 7 nitrogen and oxygen atoms in total. The van der Waals surface area contributed by atoms with E-state index >= 15 is 0 Å². The lowest BCUT2D eigenvalue weighted by atomic mass is 10.2. The van der Waals surface area contributed by atoms with E-state index in [-0.39, 0.29) is 6.54 Å². The Labute approximate surface area is 160 Å². The van der Waals surface area contributed by atoms with E-state index in [0.717, 1.165) is 15.0 Å². The average Bonchev–Trinajstić information content (AvgIpc) is 2.60. The first kappa shape index (κ1) is 19.9. The first-order chi connectivity index (χ1) is 12.3. The van der Waals surface area contributed by atoms with Crippen LogP contribution in [0.2, 0.25) is 0 Å². The summed E-state index contributed by atoms with van der Waals surface area (Å²) in [6.45, 7) is -0.385. The lowest BCUT2D eigenvalue weighted by molar-refractivity contribution is -0.119. The molecule has 0 saturated heterocycles. The van der Waals surface area contributed by atoms with E-state index in [1.165, 1.54) is 13.3 Å². The molecule has 0 unspecified atom stereocenters. The summed E-state index contributed by atoms with van der Waals surface area (Å²) < 4.78 is 31.0. The second-order valence-electron chi connectivity index (χ2n) is 5.28. The van der Waals surface area contributed by atoms with Gasteiger partial charge in [-0.05, 0) is 36.4 Å². The molecule has 0 saturated carbocycles. The number of methoxy groups -OCH3 is 1. The van der Waals surface area contributed by atoms with Crippen LogP contribution in [0.4, 0.5) is 5.69 Å². The number of ether oxygens (including phenoxy) is 1. The van der Waals surface area contributed by atoms with Crippen LogP contribution in [-0.4, -0.2) is 40.4 Å². The van der Waals surface area contributed by atoms with Gasteiger partial charge in [-0.15, -0.1) is 0 Å². The molecule has 0 fully saturated rings. The molecule has 2 aromatic carbocycles. The Morgan fingerprint density at radius 1 is 1.23 bits per heavy atom. The number of anilines is 1. The number of hydrogen-bond donors (Lipinski definition) is 1. The van der Waals surface area contributed by atoms with Crippen molar-refractivity contribution in [3.8, 4) is 5.75 Å². The number of amides is 1. The number of carbonyl (C=O) groups excluding carboxylic acids is 1. The van der Waals surface area contributed by atoms with Gasteiger partial charge < -0.3 is 4.74 Å². The van der Waals surface area contributed by atoms with Crippen LogP contribution in [0, 0.1) is 0 Å². The summed E-state index contributed by atoms with van der Waals surface area (Å²) >= 11 is 3.29. The van der Waals surface area contributed by atoms with E-state index in [0.29, 0.717) is 17.0 Å². The minimum absolute atomic E-state index is 0.385. The van der Waals surface area contributed by atoms with Crippen molar-refractivity contribution in [3.05, 3.63) is 58.6 Å². The van der Waals surface area contributed by atoms with E-state index in [4.69, 9.17) is 4.74 Å². The smallest absolute Gasteiger partial charge is 0.260 e. The number of carbonyl (C=O) groups is 1.